The van der Waals surface area contributed by atoms with Gasteiger partial charge in [0.2, 0.25) is 0 Å². The average Bonchev–Trinajstić information content (AvgIpc) is 3.60. The van der Waals surface area contributed by atoms with Gasteiger partial charge in [0, 0.05) is 17.1 Å². The van der Waals surface area contributed by atoms with E-state index < -0.39 is 18.0 Å². The predicted octanol–water partition coefficient (Wildman–Crippen LogP) is 6.36. The highest BCUT2D eigenvalue weighted by Gasteiger charge is 2.21. The van der Waals surface area contributed by atoms with Crippen LogP contribution < -0.4 is 19.6 Å². The molecule has 0 radical (unpaired) electrons. The van der Waals surface area contributed by atoms with Crippen molar-refractivity contribution in [3.05, 3.63) is 92.7 Å². The molecule has 0 aliphatic carbocycles. The highest BCUT2D eigenvalue weighted by atomic mass is 127. The molecule has 0 unspecified atom stereocenters. The van der Waals surface area contributed by atoms with Crippen LogP contribution in [0.2, 0.25) is 0 Å². The molecule has 2 heterocycles. The first kappa shape index (κ1) is 31.7. The third kappa shape index (κ3) is 8.19. The van der Waals surface area contributed by atoms with Gasteiger partial charge in [0.25, 0.3) is 0 Å². The summed E-state index contributed by atoms with van der Waals surface area (Å²) in [5.41, 5.74) is 6.50. The van der Waals surface area contributed by atoms with Crippen LogP contribution in [-0.2, 0) is 16.1 Å². The Morgan fingerprint density at radius 3 is 2.40 bits per heavy atom. The standard InChI is InChI=1S/C32H34IN3O7/c1-6-39-29-17-23(16-27(33)30(29)42-22(5)32(38)40-7-2)18-34-35-31(37)28-15-14-26(43-28)19-41-25-12-10-24(11-13-25)36-20(3)8-9-21(36)4/h8-18,22H,6-7,19H2,1-5H3,(H,35,37)/b34-18+/t22-/m1/s1. The largest absolute Gasteiger partial charge is 0.490 e. The Balaban J connectivity index is 1.33. The molecule has 0 bridgehead atoms. The van der Waals surface area contributed by atoms with Gasteiger partial charge in [0.05, 0.1) is 23.0 Å². The van der Waals surface area contributed by atoms with E-state index >= 15 is 0 Å². The molecule has 0 fully saturated rings. The zero-order valence-electron chi connectivity index (χ0n) is 24.7. The number of aromatic nitrogens is 1. The Morgan fingerprint density at radius 1 is 1.00 bits per heavy atom. The number of rotatable bonds is 13. The summed E-state index contributed by atoms with van der Waals surface area (Å²) in [6.45, 7) is 10.1. The predicted molar refractivity (Wildman–Crippen MR) is 170 cm³/mol. The fraction of sp³-hybridized carbons (Fsp3) is 0.281. The molecule has 43 heavy (non-hydrogen) atoms. The first-order valence-electron chi connectivity index (χ1n) is 13.8. The Morgan fingerprint density at radius 2 is 1.72 bits per heavy atom. The molecule has 2 aromatic heterocycles. The summed E-state index contributed by atoms with van der Waals surface area (Å²) in [5.74, 6) is 1.19. The Kier molecular flexibility index (Phi) is 10.9. The third-order valence-electron chi connectivity index (χ3n) is 6.26. The number of hydrazone groups is 1. The van der Waals surface area contributed by atoms with E-state index in [1.54, 1.807) is 38.1 Å². The van der Waals surface area contributed by atoms with Gasteiger partial charge in [-0.05, 0) is 123 Å². The molecule has 0 saturated carbocycles. The maximum absolute atomic E-state index is 12.6. The van der Waals surface area contributed by atoms with Crippen molar-refractivity contribution in [2.75, 3.05) is 13.2 Å². The summed E-state index contributed by atoms with van der Waals surface area (Å²) in [5, 5.41) is 4.06. The minimum Gasteiger partial charge on any atom is -0.490 e. The van der Waals surface area contributed by atoms with Gasteiger partial charge in [0.1, 0.15) is 18.1 Å². The molecular weight excluding hydrogens is 665 g/mol. The molecule has 1 atom stereocenters. The minimum atomic E-state index is -0.806. The van der Waals surface area contributed by atoms with Gasteiger partial charge in [-0.25, -0.2) is 10.2 Å². The fourth-order valence-electron chi connectivity index (χ4n) is 4.24. The van der Waals surface area contributed by atoms with Crippen molar-refractivity contribution in [2.24, 2.45) is 5.10 Å². The maximum atomic E-state index is 12.6. The van der Waals surface area contributed by atoms with Crippen molar-refractivity contribution in [1.29, 1.82) is 0 Å². The molecule has 2 aromatic carbocycles. The van der Waals surface area contributed by atoms with Gasteiger partial charge in [-0.1, -0.05) is 0 Å². The van der Waals surface area contributed by atoms with Crippen LogP contribution in [0, 0.1) is 17.4 Å². The van der Waals surface area contributed by atoms with E-state index in [1.165, 1.54) is 6.21 Å². The van der Waals surface area contributed by atoms with E-state index in [9.17, 15) is 9.59 Å². The van der Waals surface area contributed by atoms with E-state index in [4.69, 9.17) is 23.4 Å². The fourth-order valence-corrected chi connectivity index (χ4v) is 5.00. The summed E-state index contributed by atoms with van der Waals surface area (Å²) < 4.78 is 31.0. The minimum absolute atomic E-state index is 0.103. The Hall–Kier alpha value is -4.26. The number of hydrogen-bond donors (Lipinski definition) is 1. The smallest absolute Gasteiger partial charge is 0.347 e. The van der Waals surface area contributed by atoms with Gasteiger partial charge < -0.3 is 27.9 Å². The monoisotopic (exact) mass is 699 g/mol. The number of aryl methyl sites for hydroxylation is 2. The molecule has 0 saturated heterocycles. The first-order valence-corrected chi connectivity index (χ1v) is 14.9. The highest BCUT2D eigenvalue weighted by molar-refractivity contribution is 14.1. The zero-order valence-corrected chi connectivity index (χ0v) is 26.8. The molecule has 4 aromatic rings. The maximum Gasteiger partial charge on any atom is 0.347 e. The number of hydrogen-bond acceptors (Lipinski definition) is 8. The molecule has 0 aliphatic heterocycles. The SMILES string of the molecule is CCOC(=O)[C@@H](C)Oc1c(I)cc(/C=N/NC(=O)c2ccc(COc3ccc(-n4c(C)ccc4C)cc3)o2)cc1OCC. The number of halogens is 1. The highest BCUT2D eigenvalue weighted by Crippen LogP contribution is 2.35. The van der Waals surface area contributed by atoms with E-state index in [0.717, 1.165) is 17.1 Å². The van der Waals surface area contributed by atoms with Crippen molar-refractivity contribution in [3.63, 3.8) is 0 Å². The van der Waals surface area contributed by atoms with Gasteiger partial charge in [-0.15, -0.1) is 0 Å². The van der Waals surface area contributed by atoms with Crippen LogP contribution >= 0.6 is 22.6 Å². The Bertz CT molecular complexity index is 1570. The van der Waals surface area contributed by atoms with Crippen LogP contribution in [-0.4, -0.2) is 42.0 Å². The second-order valence-corrected chi connectivity index (χ2v) is 10.6. The molecular formula is C32H34IN3O7. The molecule has 1 amide bonds. The number of ether oxygens (including phenoxy) is 4. The lowest BCUT2D eigenvalue weighted by Crippen LogP contribution is -2.26. The zero-order chi connectivity index (χ0) is 30.9. The lowest BCUT2D eigenvalue weighted by molar-refractivity contribution is -0.150. The summed E-state index contributed by atoms with van der Waals surface area (Å²) in [6, 6.07) is 18.7. The lowest BCUT2D eigenvalue weighted by atomic mass is 10.2. The molecule has 0 aliphatic rings. The number of benzene rings is 2. The van der Waals surface area contributed by atoms with E-state index in [1.807, 2.05) is 31.2 Å². The molecule has 1 N–H and O–H groups in total. The summed E-state index contributed by atoms with van der Waals surface area (Å²) in [4.78, 5) is 24.6. The van der Waals surface area contributed by atoms with E-state index in [2.05, 4.69) is 63.7 Å². The van der Waals surface area contributed by atoms with E-state index in [-0.39, 0.29) is 19.0 Å². The number of carbonyl (C=O) groups is 2. The van der Waals surface area contributed by atoms with Gasteiger partial charge in [-0.3, -0.25) is 4.79 Å². The summed E-state index contributed by atoms with van der Waals surface area (Å²) in [7, 11) is 0. The van der Waals surface area contributed by atoms with Gasteiger partial charge in [0.15, 0.2) is 23.4 Å². The first-order chi connectivity index (χ1) is 20.7. The average molecular weight is 700 g/mol. The van der Waals surface area contributed by atoms with Crippen molar-refractivity contribution in [2.45, 2.75) is 47.3 Å². The topological polar surface area (TPSA) is 114 Å². The van der Waals surface area contributed by atoms with Crippen LogP contribution in [0.4, 0.5) is 0 Å². The number of carbonyl (C=O) groups excluding carboxylic acids is 2. The lowest BCUT2D eigenvalue weighted by Gasteiger charge is -2.18. The normalized spacial score (nSPS) is 11.8. The number of amides is 1. The van der Waals surface area contributed by atoms with Crippen molar-refractivity contribution < 1.29 is 33.0 Å². The number of esters is 1. The molecule has 10 nitrogen and oxygen atoms in total. The second-order valence-electron chi connectivity index (χ2n) is 9.47. The van der Waals surface area contributed by atoms with Crippen LogP contribution in [0.3, 0.4) is 0 Å². The van der Waals surface area contributed by atoms with Crippen LogP contribution in [0.5, 0.6) is 17.2 Å². The summed E-state index contributed by atoms with van der Waals surface area (Å²) in [6.07, 6.45) is 0.674. The quantitative estimate of drug-likeness (QED) is 0.0748. The van der Waals surface area contributed by atoms with Gasteiger partial charge >= 0.3 is 11.9 Å². The number of furan rings is 1. The molecule has 4 rings (SSSR count). The van der Waals surface area contributed by atoms with Crippen molar-refractivity contribution >= 4 is 40.7 Å². The molecule has 11 heteroatoms. The van der Waals surface area contributed by atoms with Crippen molar-refractivity contribution in [1.82, 2.24) is 9.99 Å². The molecule has 0 spiro atoms. The van der Waals surface area contributed by atoms with Crippen LogP contribution in [0.15, 0.2) is 70.2 Å². The van der Waals surface area contributed by atoms with Gasteiger partial charge in [-0.2, -0.15) is 5.10 Å². The van der Waals surface area contributed by atoms with E-state index in [0.29, 0.717) is 38.7 Å². The van der Waals surface area contributed by atoms with Crippen LogP contribution in [0.1, 0.15) is 54.0 Å². The number of nitrogens with one attached hydrogen (secondary N) is 1. The molecule has 226 valence electrons. The van der Waals surface area contributed by atoms with Crippen molar-refractivity contribution in [3.8, 4) is 22.9 Å². The second kappa shape index (κ2) is 14.8. The summed E-state index contributed by atoms with van der Waals surface area (Å²) >= 11 is 2.09. The Labute approximate surface area is 264 Å². The number of nitrogens with zero attached hydrogens (tertiary/aromatic N) is 2. The van der Waals surface area contributed by atoms with Crippen LogP contribution in [0.25, 0.3) is 5.69 Å². The third-order valence-corrected chi connectivity index (χ3v) is 7.06.